The summed E-state index contributed by atoms with van der Waals surface area (Å²) in [5, 5.41) is 3.17. The van der Waals surface area contributed by atoms with Crippen molar-refractivity contribution in [1.82, 2.24) is 9.97 Å². The van der Waals surface area contributed by atoms with E-state index < -0.39 is 0 Å². The molecule has 0 saturated heterocycles. The van der Waals surface area contributed by atoms with E-state index >= 15 is 0 Å². The predicted molar refractivity (Wildman–Crippen MR) is 54.7 cm³/mol. The Hall–Kier alpha value is -1.38. The monoisotopic (exact) mass is 177 g/mol. The van der Waals surface area contributed by atoms with E-state index in [1.165, 1.54) is 0 Å². The van der Waals surface area contributed by atoms with E-state index in [0.29, 0.717) is 0 Å². The maximum Gasteiger partial charge on any atom is 0.129 e. The van der Waals surface area contributed by atoms with Gasteiger partial charge < -0.3 is 5.32 Å². The lowest BCUT2D eigenvalue weighted by molar-refractivity contribution is 0.993. The van der Waals surface area contributed by atoms with Gasteiger partial charge in [0.2, 0.25) is 0 Å². The zero-order valence-corrected chi connectivity index (χ0v) is 8.17. The average molecular weight is 177 g/mol. The Morgan fingerprint density at radius 2 is 2.31 bits per heavy atom. The molecule has 0 unspecified atom stereocenters. The van der Waals surface area contributed by atoms with Crippen LogP contribution in [-0.4, -0.2) is 16.5 Å². The molecule has 1 rings (SSSR count). The van der Waals surface area contributed by atoms with Gasteiger partial charge in [-0.15, -0.1) is 0 Å². The maximum absolute atomic E-state index is 4.11. The zero-order chi connectivity index (χ0) is 9.68. The molecule has 1 aromatic heterocycles. The van der Waals surface area contributed by atoms with Gasteiger partial charge in [-0.3, -0.25) is 0 Å². The van der Waals surface area contributed by atoms with Crippen molar-refractivity contribution >= 4 is 5.82 Å². The first kappa shape index (κ1) is 9.71. The van der Waals surface area contributed by atoms with E-state index in [9.17, 15) is 0 Å². The van der Waals surface area contributed by atoms with Crippen LogP contribution in [-0.2, 0) is 6.42 Å². The molecule has 0 bridgehead atoms. The third kappa shape index (κ3) is 3.23. The quantitative estimate of drug-likeness (QED) is 0.715. The van der Waals surface area contributed by atoms with Crippen LogP contribution in [0.4, 0.5) is 5.82 Å². The lowest BCUT2D eigenvalue weighted by Gasteiger charge is -2.05. The van der Waals surface area contributed by atoms with Crippen molar-refractivity contribution in [1.29, 1.82) is 0 Å². The SMILES string of the molecule is C=C(C)CNc1cc(CC)ncn1. The molecule has 0 aromatic carbocycles. The highest BCUT2D eigenvalue weighted by atomic mass is 15.0. The van der Waals surface area contributed by atoms with Gasteiger partial charge in [0.1, 0.15) is 12.1 Å². The molecule has 3 heteroatoms. The molecule has 0 aliphatic carbocycles. The molecular weight excluding hydrogens is 162 g/mol. The van der Waals surface area contributed by atoms with Gasteiger partial charge in [0, 0.05) is 18.3 Å². The Kier molecular flexibility index (Phi) is 3.43. The second-order valence-electron chi connectivity index (χ2n) is 3.06. The van der Waals surface area contributed by atoms with Crippen LogP contribution >= 0.6 is 0 Å². The van der Waals surface area contributed by atoms with E-state index in [1.54, 1.807) is 6.33 Å². The standard InChI is InChI=1S/C10H15N3/c1-4-9-5-10(13-7-12-9)11-6-8(2)3/h5,7H,2,4,6H2,1,3H3,(H,11,12,13). The first-order valence-corrected chi connectivity index (χ1v) is 4.41. The molecule has 0 amide bonds. The van der Waals surface area contributed by atoms with Gasteiger partial charge in [-0.05, 0) is 13.3 Å². The molecule has 0 aliphatic heterocycles. The van der Waals surface area contributed by atoms with Gasteiger partial charge in [0.15, 0.2) is 0 Å². The number of hydrogen-bond donors (Lipinski definition) is 1. The average Bonchev–Trinajstić information content (AvgIpc) is 2.15. The summed E-state index contributed by atoms with van der Waals surface area (Å²) < 4.78 is 0. The molecule has 0 spiro atoms. The van der Waals surface area contributed by atoms with Crippen LogP contribution < -0.4 is 5.32 Å². The highest BCUT2D eigenvalue weighted by Gasteiger charge is 1.95. The van der Waals surface area contributed by atoms with Gasteiger partial charge in [-0.1, -0.05) is 19.1 Å². The highest BCUT2D eigenvalue weighted by molar-refractivity contribution is 5.36. The Morgan fingerprint density at radius 1 is 1.54 bits per heavy atom. The van der Waals surface area contributed by atoms with Crippen LogP contribution in [0, 0.1) is 0 Å². The number of aromatic nitrogens is 2. The molecule has 1 aromatic rings. The van der Waals surface area contributed by atoms with E-state index in [-0.39, 0.29) is 0 Å². The summed E-state index contributed by atoms with van der Waals surface area (Å²) in [5.41, 5.74) is 2.15. The fourth-order valence-electron chi connectivity index (χ4n) is 0.929. The highest BCUT2D eigenvalue weighted by Crippen LogP contribution is 2.04. The summed E-state index contributed by atoms with van der Waals surface area (Å²) in [6.45, 7) is 8.63. The molecule has 3 nitrogen and oxygen atoms in total. The summed E-state index contributed by atoms with van der Waals surface area (Å²) >= 11 is 0. The Balaban J connectivity index is 2.61. The number of nitrogens with zero attached hydrogens (tertiary/aromatic N) is 2. The molecule has 13 heavy (non-hydrogen) atoms. The van der Waals surface area contributed by atoms with Gasteiger partial charge in [-0.25, -0.2) is 9.97 Å². The third-order valence-electron chi connectivity index (χ3n) is 1.66. The number of hydrogen-bond acceptors (Lipinski definition) is 3. The second kappa shape index (κ2) is 4.60. The summed E-state index contributed by atoms with van der Waals surface area (Å²) in [7, 11) is 0. The van der Waals surface area contributed by atoms with Crippen LogP contribution in [0.3, 0.4) is 0 Å². The molecular formula is C10H15N3. The van der Waals surface area contributed by atoms with Crippen LogP contribution in [0.5, 0.6) is 0 Å². The Bertz CT molecular complexity index is 294. The number of rotatable bonds is 4. The van der Waals surface area contributed by atoms with E-state index in [2.05, 4.69) is 28.8 Å². The summed E-state index contributed by atoms with van der Waals surface area (Å²) in [6.07, 6.45) is 2.52. The van der Waals surface area contributed by atoms with Crippen molar-refractivity contribution in [2.75, 3.05) is 11.9 Å². The Labute approximate surface area is 78.9 Å². The van der Waals surface area contributed by atoms with E-state index in [4.69, 9.17) is 0 Å². The third-order valence-corrected chi connectivity index (χ3v) is 1.66. The van der Waals surface area contributed by atoms with Crippen molar-refractivity contribution in [3.63, 3.8) is 0 Å². The molecule has 0 aliphatic rings. The summed E-state index contributed by atoms with van der Waals surface area (Å²) in [5.74, 6) is 0.870. The van der Waals surface area contributed by atoms with Crippen molar-refractivity contribution in [2.24, 2.45) is 0 Å². The fourth-order valence-corrected chi connectivity index (χ4v) is 0.929. The molecule has 0 atom stereocenters. The maximum atomic E-state index is 4.11. The van der Waals surface area contributed by atoms with Crippen LogP contribution in [0.15, 0.2) is 24.5 Å². The molecule has 70 valence electrons. The van der Waals surface area contributed by atoms with E-state index in [1.807, 2.05) is 13.0 Å². The molecule has 0 radical (unpaired) electrons. The lowest BCUT2D eigenvalue weighted by atomic mass is 10.3. The summed E-state index contributed by atoms with van der Waals surface area (Å²) in [4.78, 5) is 8.21. The van der Waals surface area contributed by atoms with Crippen molar-refractivity contribution in [3.8, 4) is 0 Å². The van der Waals surface area contributed by atoms with Gasteiger partial charge in [0.05, 0.1) is 0 Å². The topological polar surface area (TPSA) is 37.8 Å². The number of anilines is 1. The largest absolute Gasteiger partial charge is 0.366 e. The van der Waals surface area contributed by atoms with Crippen LogP contribution in [0.2, 0.25) is 0 Å². The normalized spacial score (nSPS) is 9.69. The molecule has 0 fully saturated rings. The first-order valence-electron chi connectivity index (χ1n) is 4.41. The fraction of sp³-hybridized carbons (Fsp3) is 0.400. The minimum Gasteiger partial charge on any atom is -0.366 e. The lowest BCUT2D eigenvalue weighted by Crippen LogP contribution is -2.04. The van der Waals surface area contributed by atoms with Crippen LogP contribution in [0.25, 0.3) is 0 Å². The molecule has 1 N–H and O–H groups in total. The van der Waals surface area contributed by atoms with Gasteiger partial charge >= 0.3 is 0 Å². The minimum absolute atomic E-state index is 0.764. The first-order chi connectivity index (χ1) is 6.22. The second-order valence-corrected chi connectivity index (χ2v) is 3.06. The smallest absolute Gasteiger partial charge is 0.129 e. The van der Waals surface area contributed by atoms with Gasteiger partial charge in [-0.2, -0.15) is 0 Å². The number of aryl methyl sites for hydroxylation is 1. The van der Waals surface area contributed by atoms with Crippen LogP contribution in [0.1, 0.15) is 19.5 Å². The summed E-state index contributed by atoms with van der Waals surface area (Å²) in [6, 6.07) is 1.96. The van der Waals surface area contributed by atoms with Gasteiger partial charge in [0.25, 0.3) is 0 Å². The van der Waals surface area contributed by atoms with Crippen molar-refractivity contribution in [2.45, 2.75) is 20.3 Å². The van der Waals surface area contributed by atoms with Crippen molar-refractivity contribution < 1.29 is 0 Å². The molecule has 0 saturated carbocycles. The minimum atomic E-state index is 0.764. The molecule has 1 heterocycles. The predicted octanol–water partition coefficient (Wildman–Crippen LogP) is 2.03. The zero-order valence-electron chi connectivity index (χ0n) is 8.17. The Morgan fingerprint density at radius 3 is 2.92 bits per heavy atom. The van der Waals surface area contributed by atoms with Crippen molar-refractivity contribution in [3.05, 3.63) is 30.2 Å². The van der Waals surface area contributed by atoms with E-state index in [0.717, 1.165) is 30.1 Å². The number of nitrogens with one attached hydrogen (secondary N) is 1.